The number of hydrogen-bond donors (Lipinski definition) is 4. The van der Waals surface area contributed by atoms with Gasteiger partial charge in [-0.25, -0.2) is 9.59 Å². The van der Waals surface area contributed by atoms with Crippen LogP contribution >= 0.6 is 0 Å². The van der Waals surface area contributed by atoms with Crippen LogP contribution in [-0.4, -0.2) is 62.1 Å². The zero-order valence-electron chi connectivity index (χ0n) is 16.5. The maximum Gasteiger partial charge on any atom is 0.412 e. The minimum absolute atomic E-state index is 0.0799. The molecule has 1 fully saturated rings. The van der Waals surface area contributed by atoms with Crippen LogP contribution in [-0.2, 0) is 9.47 Å². The van der Waals surface area contributed by atoms with Crippen LogP contribution in [0.15, 0.2) is 22.2 Å². The van der Waals surface area contributed by atoms with Gasteiger partial charge in [0.05, 0.1) is 13.2 Å². The first-order valence-corrected chi connectivity index (χ1v) is 9.62. The molecule has 1 aliphatic heterocycles. The summed E-state index contributed by atoms with van der Waals surface area (Å²) in [6.07, 6.45) is 0.488. The first kappa shape index (κ1) is 23.6. The van der Waals surface area contributed by atoms with Gasteiger partial charge in [0, 0.05) is 11.1 Å². The molecule has 0 bridgehead atoms. The SMILES string of the molecule is CCCCCCCOC(=O)Nc1ccn(C2O[C@@](CO)(N=[N+]=[N-])[C@@H](O)[C@H]2O)c(=O)n1. The van der Waals surface area contributed by atoms with Crippen molar-refractivity contribution in [3.8, 4) is 0 Å². The average molecular weight is 426 g/mol. The minimum Gasteiger partial charge on any atom is -0.449 e. The van der Waals surface area contributed by atoms with Crippen molar-refractivity contribution in [2.75, 3.05) is 18.5 Å². The van der Waals surface area contributed by atoms with E-state index < -0.39 is 42.6 Å². The van der Waals surface area contributed by atoms with Crippen molar-refractivity contribution in [3.05, 3.63) is 33.2 Å². The smallest absolute Gasteiger partial charge is 0.412 e. The Morgan fingerprint density at radius 2 is 2.17 bits per heavy atom. The third-order valence-corrected chi connectivity index (χ3v) is 4.66. The molecule has 0 aromatic carbocycles. The molecule has 0 spiro atoms. The number of amides is 1. The zero-order chi connectivity index (χ0) is 22.1. The van der Waals surface area contributed by atoms with Gasteiger partial charge in [0.15, 0.2) is 6.23 Å². The number of anilines is 1. The molecule has 2 heterocycles. The summed E-state index contributed by atoms with van der Waals surface area (Å²) in [5.74, 6) is -0.0799. The topological polar surface area (TPSA) is 192 Å². The van der Waals surface area contributed by atoms with E-state index in [0.29, 0.717) is 0 Å². The Morgan fingerprint density at radius 1 is 1.43 bits per heavy atom. The fourth-order valence-corrected chi connectivity index (χ4v) is 3.00. The number of aliphatic hydroxyl groups excluding tert-OH is 3. The number of nitrogens with one attached hydrogen (secondary N) is 1. The van der Waals surface area contributed by atoms with Gasteiger partial charge in [0.2, 0.25) is 5.72 Å². The van der Waals surface area contributed by atoms with E-state index in [9.17, 15) is 24.9 Å². The number of aromatic nitrogens is 2. The molecule has 2 rings (SSSR count). The van der Waals surface area contributed by atoms with Crippen LogP contribution in [0.1, 0.15) is 45.3 Å². The molecule has 1 unspecified atom stereocenters. The maximum atomic E-state index is 12.3. The number of ether oxygens (including phenoxy) is 2. The number of azide groups is 1. The molecule has 1 aliphatic rings. The van der Waals surface area contributed by atoms with Crippen molar-refractivity contribution in [2.45, 2.75) is 63.2 Å². The lowest BCUT2D eigenvalue weighted by atomic mass is 10.1. The van der Waals surface area contributed by atoms with E-state index in [1.54, 1.807) is 0 Å². The van der Waals surface area contributed by atoms with Gasteiger partial charge in [-0.1, -0.05) is 37.7 Å². The van der Waals surface area contributed by atoms with Crippen molar-refractivity contribution in [1.82, 2.24) is 9.55 Å². The van der Waals surface area contributed by atoms with Crippen molar-refractivity contribution < 1.29 is 29.6 Å². The summed E-state index contributed by atoms with van der Waals surface area (Å²) in [6.45, 7) is 1.43. The van der Waals surface area contributed by atoms with Crippen LogP contribution in [0, 0.1) is 0 Å². The van der Waals surface area contributed by atoms with E-state index in [2.05, 4.69) is 27.3 Å². The Kier molecular flexibility index (Phi) is 8.57. The zero-order valence-corrected chi connectivity index (χ0v) is 16.5. The van der Waals surface area contributed by atoms with Crippen LogP contribution in [0.5, 0.6) is 0 Å². The standard InChI is InChI=1S/C17H26N6O7/c1-2-3-4-5-6-9-29-16(28)20-11-7-8-23(15(27)19-11)14-12(25)13(26)17(10-24,30-14)21-22-18/h7-8,12-14,24-26H,2-6,9-10H2,1H3,(H,19,20,27,28)/t12-,13+,14?,17-/m1/s1. The van der Waals surface area contributed by atoms with E-state index in [4.69, 9.17) is 15.0 Å². The molecular formula is C17H26N6O7. The average Bonchev–Trinajstić information content (AvgIpc) is 2.96. The number of unbranched alkanes of at least 4 members (excludes halogenated alkanes) is 4. The number of aliphatic hydroxyl groups is 3. The highest BCUT2D eigenvalue weighted by atomic mass is 16.6. The van der Waals surface area contributed by atoms with E-state index in [0.717, 1.165) is 36.7 Å². The highest BCUT2D eigenvalue weighted by Gasteiger charge is 2.54. The van der Waals surface area contributed by atoms with Crippen LogP contribution < -0.4 is 11.0 Å². The predicted molar refractivity (Wildman–Crippen MR) is 103 cm³/mol. The molecule has 1 amide bonds. The molecule has 0 aliphatic carbocycles. The van der Waals surface area contributed by atoms with Crippen molar-refractivity contribution >= 4 is 11.9 Å². The van der Waals surface area contributed by atoms with Gasteiger partial charge in [-0.05, 0) is 18.0 Å². The quantitative estimate of drug-likeness (QED) is 0.184. The minimum atomic E-state index is -2.14. The highest BCUT2D eigenvalue weighted by Crippen LogP contribution is 2.37. The third kappa shape index (κ3) is 5.46. The summed E-state index contributed by atoms with van der Waals surface area (Å²) in [5.41, 5.74) is 5.55. The van der Waals surface area contributed by atoms with Gasteiger partial charge in [-0.15, -0.1) is 0 Å². The molecule has 13 nitrogen and oxygen atoms in total. The van der Waals surface area contributed by atoms with Gasteiger partial charge in [0.1, 0.15) is 18.0 Å². The summed E-state index contributed by atoms with van der Waals surface area (Å²) in [4.78, 5) is 30.2. The number of nitrogens with zero attached hydrogens (tertiary/aromatic N) is 5. The van der Waals surface area contributed by atoms with Crippen molar-refractivity contribution in [1.29, 1.82) is 0 Å². The number of rotatable bonds is 10. The molecule has 0 saturated carbocycles. The van der Waals surface area contributed by atoms with Crippen LogP contribution in [0.25, 0.3) is 10.4 Å². The molecule has 1 aromatic rings. The first-order valence-electron chi connectivity index (χ1n) is 9.62. The molecule has 1 saturated heterocycles. The summed E-state index contributed by atoms with van der Waals surface area (Å²) in [6, 6.07) is 1.26. The second kappa shape index (κ2) is 10.9. The molecule has 0 radical (unpaired) electrons. The Morgan fingerprint density at radius 3 is 2.80 bits per heavy atom. The molecule has 30 heavy (non-hydrogen) atoms. The van der Waals surface area contributed by atoms with Crippen molar-refractivity contribution in [2.24, 2.45) is 5.11 Å². The fraction of sp³-hybridized carbons (Fsp3) is 0.706. The number of carbonyl (C=O) groups is 1. The second-order valence-corrected chi connectivity index (χ2v) is 6.81. The van der Waals surface area contributed by atoms with Gasteiger partial charge < -0.3 is 24.8 Å². The Bertz CT molecular complexity index is 827. The first-order chi connectivity index (χ1) is 14.4. The summed E-state index contributed by atoms with van der Waals surface area (Å²) in [7, 11) is 0. The Labute approximate surface area is 171 Å². The molecular weight excluding hydrogens is 400 g/mol. The van der Waals surface area contributed by atoms with Gasteiger partial charge in [0.25, 0.3) is 0 Å². The van der Waals surface area contributed by atoms with Crippen LogP contribution in [0.3, 0.4) is 0 Å². The van der Waals surface area contributed by atoms with Gasteiger partial charge in [-0.2, -0.15) is 4.98 Å². The van der Waals surface area contributed by atoms with E-state index in [1.165, 1.54) is 12.3 Å². The van der Waals surface area contributed by atoms with E-state index in [-0.39, 0.29) is 12.4 Å². The second-order valence-electron chi connectivity index (χ2n) is 6.81. The summed E-state index contributed by atoms with van der Waals surface area (Å²) in [5, 5.41) is 35.2. The molecule has 1 aromatic heterocycles. The summed E-state index contributed by atoms with van der Waals surface area (Å²) >= 11 is 0. The Hall–Kier alpha value is -2.70. The fourth-order valence-electron chi connectivity index (χ4n) is 3.00. The van der Waals surface area contributed by atoms with E-state index in [1.807, 2.05) is 0 Å². The lowest BCUT2D eigenvalue weighted by Crippen LogP contribution is -2.44. The highest BCUT2D eigenvalue weighted by molar-refractivity contribution is 5.83. The van der Waals surface area contributed by atoms with E-state index >= 15 is 0 Å². The lowest BCUT2D eigenvalue weighted by Gasteiger charge is -2.23. The largest absolute Gasteiger partial charge is 0.449 e. The molecule has 4 N–H and O–H groups in total. The normalized spacial score (nSPS) is 25.5. The van der Waals surface area contributed by atoms with Gasteiger partial charge >= 0.3 is 11.8 Å². The molecule has 166 valence electrons. The predicted octanol–water partition coefficient (Wildman–Crippen LogP) is 1.01. The van der Waals surface area contributed by atoms with Gasteiger partial charge in [-0.3, -0.25) is 9.88 Å². The molecule has 13 heteroatoms. The molecule has 4 atom stereocenters. The lowest BCUT2D eigenvalue weighted by molar-refractivity contribution is -0.125. The number of hydrogen-bond acceptors (Lipinski definition) is 9. The maximum absolute atomic E-state index is 12.3. The third-order valence-electron chi connectivity index (χ3n) is 4.66. The summed E-state index contributed by atoms with van der Waals surface area (Å²) < 4.78 is 11.1. The Balaban J connectivity index is 1.99. The monoisotopic (exact) mass is 426 g/mol. The number of carbonyl (C=O) groups excluding carboxylic acids is 1. The van der Waals surface area contributed by atoms with Crippen LogP contribution in [0.4, 0.5) is 10.6 Å². The van der Waals surface area contributed by atoms with Crippen molar-refractivity contribution in [3.63, 3.8) is 0 Å². The van der Waals surface area contributed by atoms with Crippen LogP contribution in [0.2, 0.25) is 0 Å².